The number of fused-ring (bicyclic) bond motifs is 1. The minimum Gasteiger partial charge on any atom is -0.399 e. The van der Waals surface area contributed by atoms with E-state index in [1.807, 2.05) is 27.7 Å². The fourth-order valence-corrected chi connectivity index (χ4v) is 2.54. The molecule has 3 heterocycles. The van der Waals surface area contributed by atoms with Crippen molar-refractivity contribution < 1.29 is 14.4 Å². The summed E-state index contributed by atoms with van der Waals surface area (Å²) in [5.41, 5.74) is 1.35. The van der Waals surface area contributed by atoms with Crippen molar-refractivity contribution in [3.8, 4) is 0 Å². The topological polar surface area (TPSA) is 63.6 Å². The van der Waals surface area contributed by atoms with Gasteiger partial charge >= 0.3 is 7.12 Å². The molecule has 108 valence electrons. The molecule has 1 fully saturated rings. The maximum Gasteiger partial charge on any atom is 0.496 e. The molecule has 0 amide bonds. The molecular weight excluding hydrogens is 255 g/mol. The number of aromatic nitrogens is 1. The monoisotopic (exact) mass is 276 g/mol. The lowest BCUT2D eigenvalue weighted by Gasteiger charge is -2.32. The molecule has 0 aliphatic carbocycles. The fraction of sp³-hybridized carbons (Fsp3) is 0.643. The summed E-state index contributed by atoms with van der Waals surface area (Å²) in [5.74, 6) is 0.851. The number of hydrogen-bond donors (Lipinski definition) is 2. The van der Waals surface area contributed by atoms with E-state index >= 15 is 0 Å². The van der Waals surface area contributed by atoms with E-state index in [1.165, 1.54) is 0 Å². The quantitative estimate of drug-likeness (QED) is 0.779. The van der Waals surface area contributed by atoms with Gasteiger partial charge in [0.25, 0.3) is 0 Å². The van der Waals surface area contributed by atoms with Gasteiger partial charge in [-0.15, -0.1) is 0 Å². The van der Waals surface area contributed by atoms with Crippen molar-refractivity contribution in [2.24, 2.45) is 0 Å². The smallest absolute Gasteiger partial charge is 0.399 e. The summed E-state index contributed by atoms with van der Waals surface area (Å²) in [6.07, 6.45) is 2.57. The standard InChI is InChI=1S/C14H21BN2O3/c1-13(2)14(3,4)20-15(19-13)10-5-9-6-11(8-18)17-12(9)16-7-10/h5,7,11,18H,6,8H2,1-4H3,(H,16,17). The largest absolute Gasteiger partial charge is 0.496 e. The van der Waals surface area contributed by atoms with Gasteiger partial charge < -0.3 is 19.7 Å². The normalized spacial score (nSPS) is 26.4. The zero-order valence-corrected chi connectivity index (χ0v) is 12.4. The van der Waals surface area contributed by atoms with E-state index in [4.69, 9.17) is 9.31 Å². The highest BCUT2D eigenvalue weighted by Gasteiger charge is 2.52. The number of anilines is 1. The van der Waals surface area contributed by atoms with E-state index < -0.39 is 0 Å². The molecule has 2 aliphatic rings. The molecular formula is C14H21BN2O3. The molecule has 6 heteroatoms. The van der Waals surface area contributed by atoms with Crippen LogP contribution in [0.2, 0.25) is 0 Å². The van der Waals surface area contributed by atoms with Gasteiger partial charge in [0.2, 0.25) is 0 Å². The van der Waals surface area contributed by atoms with Crippen LogP contribution in [0.25, 0.3) is 0 Å². The SMILES string of the molecule is CC1(C)OB(c2cnc3c(c2)CC(CO)N3)OC1(C)C. The highest BCUT2D eigenvalue weighted by Crippen LogP contribution is 2.36. The summed E-state index contributed by atoms with van der Waals surface area (Å²) in [7, 11) is -0.383. The van der Waals surface area contributed by atoms with Crippen LogP contribution in [0, 0.1) is 0 Å². The van der Waals surface area contributed by atoms with Crippen LogP contribution >= 0.6 is 0 Å². The Morgan fingerprint density at radius 1 is 1.35 bits per heavy atom. The van der Waals surface area contributed by atoms with E-state index in [0.717, 1.165) is 23.3 Å². The van der Waals surface area contributed by atoms with Gasteiger partial charge in [0, 0.05) is 11.7 Å². The van der Waals surface area contributed by atoms with Gasteiger partial charge in [-0.2, -0.15) is 0 Å². The van der Waals surface area contributed by atoms with Crippen LogP contribution in [0.5, 0.6) is 0 Å². The average Bonchev–Trinajstić information content (AvgIpc) is 2.87. The van der Waals surface area contributed by atoms with Gasteiger partial charge in [0.1, 0.15) is 5.82 Å². The Labute approximate surface area is 119 Å². The predicted octanol–water partition coefficient (Wildman–Crippen LogP) is 0.710. The first kappa shape index (κ1) is 13.9. The van der Waals surface area contributed by atoms with Gasteiger partial charge in [0.15, 0.2) is 0 Å². The molecule has 0 bridgehead atoms. The van der Waals surface area contributed by atoms with Crippen LogP contribution in [0.4, 0.5) is 5.82 Å². The van der Waals surface area contributed by atoms with Crippen molar-refractivity contribution in [2.45, 2.75) is 51.4 Å². The van der Waals surface area contributed by atoms with Gasteiger partial charge in [-0.3, -0.25) is 0 Å². The number of nitrogens with zero attached hydrogens (tertiary/aromatic N) is 1. The highest BCUT2D eigenvalue weighted by atomic mass is 16.7. The van der Waals surface area contributed by atoms with Gasteiger partial charge in [-0.1, -0.05) is 6.07 Å². The lowest BCUT2D eigenvalue weighted by molar-refractivity contribution is 0.00578. The van der Waals surface area contributed by atoms with E-state index in [0.29, 0.717) is 0 Å². The second-order valence-electron chi connectivity index (χ2n) is 6.59. The predicted molar refractivity (Wildman–Crippen MR) is 78.2 cm³/mol. The molecule has 3 rings (SSSR count). The molecule has 1 atom stereocenters. The molecule has 1 aromatic heterocycles. The van der Waals surface area contributed by atoms with Crippen LogP contribution in [0.15, 0.2) is 12.3 Å². The average molecular weight is 276 g/mol. The van der Waals surface area contributed by atoms with Crippen molar-refractivity contribution in [2.75, 3.05) is 11.9 Å². The van der Waals surface area contributed by atoms with Crippen molar-refractivity contribution in [3.63, 3.8) is 0 Å². The van der Waals surface area contributed by atoms with Crippen LogP contribution in [-0.4, -0.2) is 41.1 Å². The fourth-order valence-electron chi connectivity index (χ4n) is 2.54. The number of pyridine rings is 1. The maximum atomic E-state index is 9.22. The number of nitrogens with one attached hydrogen (secondary N) is 1. The highest BCUT2D eigenvalue weighted by molar-refractivity contribution is 6.62. The summed E-state index contributed by atoms with van der Waals surface area (Å²) in [6.45, 7) is 8.27. The Morgan fingerprint density at radius 2 is 2.00 bits per heavy atom. The lowest BCUT2D eigenvalue weighted by atomic mass is 9.79. The molecule has 2 aliphatic heterocycles. The van der Waals surface area contributed by atoms with E-state index in [9.17, 15) is 5.11 Å². The lowest BCUT2D eigenvalue weighted by Crippen LogP contribution is -2.41. The zero-order chi connectivity index (χ0) is 14.5. The van der Waals surface area contributed by atoms with E-state index in [-0.39, 0.29) is 31.0 Å². The molecule has 2 N–H and O–H groups in total. The Kier molecular flexibility index (Phi) is 3.08. The molecule has 0 spiro atoms. The van der Waals surface area contributed by atoms with E-state index in [1.54, 1.807) is 6.20 Å². The van der Waals surface area contributed by atoms with Crippen molar-refractivity contribution in [3.05, 3.63) is 17.8 Å². The van der Waals surface area contributed by atoms with Crippen LogP contribution in [0.1, 0.15) is 33.3 Å². The molecule has 1 aromatic rings. The first-order valence-corrected chi connectivity index (χ1v) is 7.04. The molecule has 1 unspecified atom stereocenters. The van der Waals surface area contributed by atoms with Crippen molar-refractivity contribution >= 4 is 18.4 Å². The first-order valence-electron chi connectivity index (χ1n) is 7.04. The molecule has 5 nitrogen and oxygen atoms in total. The third-order valence-corrected chi connectivity index (χ3v) is 4.54. The van der Waals surface area contributed by atoms with Crippen LogP contribution < -0.4 is 10.8 Å². The number of rotatable bonds is 2. The minimum absolute atomic E-state index is 0.0612. The second-order valence-corrected chi connectivity index (χ2v) is 6.59. The molecule has 20 heavy (non-hydrogen) atoms. The summed E-state index contributed by atoms with van der Waals surface area (Å²) < 4.78 is 12.1. The third kappa shape index (κ3) is 2.12. The summed E-state index contributed by atoms with van der Waals surface area (Å²) in [5, 5.41) is 12.4. The maximum absolute atomic E-state index is 9.22. The van der Waals surface area contributed by atoms with E-state index in [2.05, 4.69) is 16.4 Å². The molecule has 0 radical (unpaired) electrons. The van der Waals surface area contributed by atoms with Crippen molar-refractivity contribution in [1.29, 1.82) is 0 Å². The second kappa shape index (κ2) is 4.45. The summed E-state index contributed by atoms with van der Waals surface area (Å²) in [4.78, 5) is 4.42. The van der Waals surface area contributed by atoms with Crippen LogP contribution in [-0.2, 0) is 15.7 Å². The summed E-state index contributed by atoms with van der Waals surface area (Å²) >= 11 is 0. The third-order valence-electron chi connectivity index (χ3n) is 4.54. The zero-order valence-electron chi connectivity index (χ0n) is 12.4. The van der Waals surface area contributed by atoms with Crippen molar-refractivity contribution in [1.82, 2.24) is 4.98 Å². The Bertz CT molecular complexity index is 517. The number of aliphatic hydroxyl groups excluding tert-OH is 1. The van der Waals surface area contributed by atoms with Crippen LogP contribution in [0.3, 0.4) is 0 Å². The number of aliphatic hydroxyl groups is 1. The van der Waals surface area contributed by atoms with Gasteiger partial charge in [-0.05, 0) is 39.7 Å². The molecule has 0 saturated carbocycles. The van der Waals surface area contributed by atoms with Gasteiger partial charge in [0.05, 0.1) is 23.9 Å². The Balaban J connectivity index is 1.84. The number of hydrogen-bond acceptors (Lipinski definition) is 5. The molecule has 0 aromatic carbocycles. The first-order chi connectivity index (χ1) is 9.32. The Morgan fingerprint density at radius 3 is 2.60 bits per heavy atom. The Hall–Kier alpha value is -1.11. The van der Waals surface area contributed by atoms with Gasteiger partial charge in [-0.25, -0.2) is 4.98 Å². The molecule has 1 saturated heterocycles. The summed E-state index contributed by atoms with van der Waals surface area (Å²) in [6, 6.07) is 2.12. The minimum atomic E-state index is -0.383.